The molecule has 0 heterocycles. The maximum Gasteiger partial charge on any atom is 0.217 e. The quantitative estimate of drug-likeness (QED) is 0.737. The molecule has 1 aromatic rings. The van der Waals surface area contributed by atoms with Crippen LogP contribution in [0.2, 0.25) is 0 Å². The Labute approximate surface area is 87.9 Å². The van der Waals surface area contributed by atoms with E-state index in [1.807, 2.05) is 6.07 Å². The third-order valence-corrected chi connectivity index (χ3v) is 1.99. The first-order chi connectivity index (χ1) is 6.61. The molecule has 0 spiro atoms. The van der Waals surface area contributed by atoms with Gasteiger partial charge in [-0.1, -0.05) is 30.3 Å². The van der Waals surface area contributed by atoms with E-state index in [0.29, 0.717) is 0 Å². The van der Waals surface area contributed by atoms with Crippen LogP contribution < -0.4 is 5.32 Å². The van der Waals surface area contributed by atoms with Gasteiger partial charge in [0.1, 0.15) is 6.04 Å². The number of hydrogen-bond acceptors (Lipinski definition) is 2. The molecule has 1 amide bonds. The molecule has 1 rings (SSSR count). The van der Waals surface area contributed by atoms with Crippen LogP contribution in [-0.2, 0) is 9.59 Å². The number of thiol groups is 1. The first kappa shape index (κ1) is 10.8. The molecular weight excluding hydrogens is 198 g/mol. The summed E-state index contributed by atoms with van der Waals surface area (Å²) in [5.41, 5.74) is 0.739. The van der Waals surface area contributed by atoms with E-state index in [2.05, 4.69) is 17.9 Å². The van der Waals surface area contributed by atoms with Crippen LogP contribution in [0.5, 0.6) is 0 Å². The summed E-state index contributed by atoms with van der Waals surface area (Å²) in [6.45, 7) is 1.37. The van der Waals surface area contributed by atoms with Gasteiger partial charge >= 0.3 is 0 Å². The SMILES string of the molecule is CC(=O)N[C@@H](C(=O)S)c1ccccc1. The van der Waals surface area contributed by atoms with Gasteiger partial charge in [-0.2, -0.15) is 0 Å². The lowest BCUT2D eigenvalue weighted by Gasteiger charge is -2.13. The fourth-order valence-corrected chi connectivity index (χ4v) is 1.35. The van der Waals surface area contributed by atoms with Crippen molar-refractivity contribution in [3.63, 3.8) is 0 Å². The zero-order valence-corrected chi connectivity index (χ0v) is 8.62. The minimum absolute atomic E-state index is 0.249. The van der Waals surface area contributed by atoms with E-state index in [0.717, 1.165) is 5.56 Å². The number of amides is 1. The molecule has 0 saturated heterocycles. The second kappa shape index (κ2) is 4.81. The Bertz CT molecular complexity index is 337. The molecule has 0 aliphatic heterocycles. The minimum Gasteiger partial charge on any atom is -0.342 e. The summed E-state index contributed by atoms with van der Waals surface area (Å²) >= 11 is 3.73. The van der Waals surface area contributed by atoms with Crippen molar-refractivity contribution in [1.29, 1.82) is 0 Å². The minimum atomic E-state index is -0.656. The molecule has 0 aliphatic rings. The lowest BCUT2D eigenvalue weighted by atomic mass is 10.1. The van der Waals surface area contributed by atoms with Crippen LogP contribution in [0, 0.1) is 0 Å². The van der Waals surface area contributed by atoms with Gasteiger partial charge in [-0.15, -0.1) is 12.6 Å². The topological polar surface area (TPSA) is 46.2 Å². The highest BCUT2D eigenvalue weighted by Gasteiger charge is 2.17. The molecule has 0 aliphatic carbocycles. The number of nitrogens with one attached hydrogen (secondary N) is 1. The molecule has 74 valence electrons. The van der Waals surface area contributed by atoms with E-state index < -0.39 is 6.04 Å². The van der Waals surface area contributed by atoms with E-state index in [4.69, 9.17) is 0 Å². The largest absolute Gasteiger partial charge is 0.342 e. The lowest BCUT2D eigenvalue weighted by Crippen LogP contribution is -2.29. The third-order valence-electron chi connectivity index (χ3n) is 1.73. The summed E-state index contributed by atoms with van der Waals surface area (Å²) in [5.74, 6) is -0.249. The van der Waals surface area contributed by atoms with E-state index in [-0.39, 0.29) is 11.0 Å². The Kier molecular flexibility index (Phi) is 3.71. The molecule has 0 fully saturated rings. The second-order valence-corrected chi connectivity index (χ2v) is 3.32. The number of hydrogen-bond donors (Lipinski definition) is 2. The molecule has 0 saturated carbocycles. The van der Waals surface area contributed by atoms with Gasteiger partial charge in [0, 0.05) is 6.92 Å². The zero-order chi connectivity index (χ0) is 10.6. The normalized spacial score (nSPS) is 11.9. The molecular formula is C10H11NO2S. The summed E-state index contributed by atoms with van der Waals surface area (Å²) in [7, 11) is 0. The van der Waals surface area contributed by atoms with Gasteiger partial charge in [-0.3, -0.25) is 9.59 Å². The summed E-state index contributed by atoms with van der Waals surface area (Å²) in [4.78, 5) is 22.0. The van der Waals surface area contributed by atoms with Crippen molar-refractivity contribution >= 4 is 23.7 Å². The number of carbonyl (C=O) groups is 2. The summed E-state index contributed by atoms with van der Waals surface area (Å²) in [6.07, 6.45) is 0. The van der Waals surface area contributed by atoms with Crippen LogP contribution in [0.1, 0.15) is 18.5 Å². The number of rotatable bonds is 3. The van der Waals surface area contributed by atoms with Gasteiger partial charge < -0.3 is 5.32 Å². The summed E-state index contributed by atoms with van der Waals surface area (Å²) in [5, 5.41) is 2.16. The lowest BCUT2D eigenvalue weighted by molar-refractivity contribution is -0.123. The van der Waals surface area contributed by atoms with Crippen LogP contribution in [0.4, 0.5) is 0 Å². The van der Waals surface area contributed by atoms with Crippen LogP contribution in [0.25, 0.3) is 0 Å². The van der Waals surface area contributed by atoms with Gasteiger partial charge in [-0.25, -0.2) is 0 Å². The van der Waals surface area contributed by atoms with Gasteiger partial charge in [-0.05, 0) is 5.56 Å². The Morgan fingerprint density at radius 1 is 1.29 bits per heavy atom. The molecule has 1 aromatic carbocycles. The number of carbonyl (C=O) groups excluding carboxylic acids is 2. The Morgan fingerprint density at radius 2 is 1.86 bits per heavy atom. The van der Waals surface area contributed by atoms with Gasteiger partial charge in [0.2, 0.25) is 11.0 Å². The van der Waals surface area contributed by atoms with Crippen molar-refractivity contribution in [1.82, 2.24) is 5.32 Å². The molecule has 14 heavy (non-hydrogen) atoms. The van der Waals surface area contributed by atoms with Gasteiger partial charge in [0.05, 0.1) is 0 Å². The predicted molar refractivity (Wildman–Crippen MR) is 57.0 cm³/mol. The van der Waals surface area contributed by atoms with Crippen molar-refractivity contribution in [2.75, 3.05) is 0 Å². The van der Waals surface area contributed by atoms with Crippen LogP contribution >= 0.6 is 12.6 Å². The molecule has 1 atom stereocenters. The van der Waals surface area contributed by atoms with E-state index >= 15 is 0 Å². The fourth-order valence-electron chi connectivity index (χ4n) is 1.14. The predicted octanol–water partition coefficient (Wildman–Crippen LogP) is 1.32. The van der Waals surface area contributed by atoms with Crippen LogP contribution in [-0.4, -0.2) is 11.0 Å². The van der Waals surface area contributed by atoms with Crippen LogP contribution in [0.3, 0.4) is 0 Å². The van der Waals surface area contributed by atoms with E-state index in [1.54, 1.807) is 24.3 Å². The fraction of sp³-hybridized carbons (Fsp3) is 0.200. The molecule has 0 aromatic heterocycles. The Hall–Kier alpha value is -1.29. The monoisotopic (exact) mass is 209 g/mol. The highest BCUT2D eigenvalue weighted by Crippen LogP contribution is 2.14. The van der Waals surface area contributed by atoms with Gasteiger partial charge in [0.15, 0.2) is 0 Å². The highest BCUT2D eigenvalue weighted by atomic mass is 32.1. The first-order valence-electron chi connectivity index (χ1n) is 4.16. The van der Waals surface area contributed by atoms with Crippen molar-refractivity contribution in [3.05, 3.63) is 35.9 Å². The van der Waals surface area contributed by atoms with E-state index in [1.165, 1.54) is 6.92 Å². The molecule has 0 bridgehead atoms. The molecule has 3 nitrogen and oxygen atoms in total. The first-order valence-corrected chi connectivity index (χ1v) is 4.61. The maximum absolute atomic E-state index is 11.1. The Balaban J connectivity index is 2.89. The van der Waals surface area contributed by atoms with Crippen molar-refractivity contribution in [2.24, 2.45) is 0 Å². The molecule has 4 heteroatoms. The van der Waals surface area contributed by atoms with Crippen molar-refractivity contribution < 1.29 is 9.59 Å². The average molecular weight is 209 g/mol. The zero-order valence-electron chi connectivity index (χ0n) is 7.73. The van der Waals surface area contributed by atoms with Gasteiger partial charge in [0.25, 0.3) is 0 Å². The average Bonchev–Trinajstić information content (AvgIpc) is 2.15. The standard InChI is InChI=1S/C10H11NO2S/c1-7(12)11-9(10(13)14)8-5-3-2-4-6-8/h2-6,9H,1H3,(H,11,12)(H,13,14)/t9-/m1/s1. The second-order valence-electron chi connectivity index (χ2n) is 2.88. The summed E-state index contributed by atoms with van der Waals surface area (Å²) in [6, 6.07) is 8.35. The third kappa shape index (κ3) is 2.88. The smallest absolute Gasteiger partial charge is 0.217 e. The summed E-state index contributed by atoms with van der Waals surface area (Å²) < 4.78 is 0. The maximum atomic E-state index is 11.1. The molecule has 0 radical (unpaired) electrons. The van der Waals surface area contributed by atoms with E-state index in [9.17, 15) is 9.59 Å². The van der Waals surface area contributed by atoms with Crippen molar-refractivity contribution in [3.8, 4) is 0 Å². The Morgan fingerprint density at radius 3 is 2.29 bits per heavy atom. The number of benzene rings is 1. The highest BCUT2D eigenvalue weighted by molar-refractivity contribution is 7.96. The molecule has 1 N–H and O–H groups in total. The molecule has 0 unspecified atom stereocenters. The van der Waals surface area contributed by atoms with Crippen LogP contribution in [0.15, 0.2) is 30.3 Å². The van der Waals surface area contributed by atoms with Crippen molar-refractivity contribution in [2.45, 2.75) is 13.0 Å².